The Kier molecular flexibility index (Phi) is 6.09. The summed E-state index contributed by atoms with van der Waals surface area (Å²) in [6, 6.07) is 6.70. The smallest absolute Gasteiger partial charge is 0.275 e. The molecule has 0 saturated carbocycles. The van der Waals surface area contributed by atoms with Gasteiger partial charge >= 0.3 is 0 Å². The van der Waals surface area contributed by atoms with Gasteiger partial charge in [0.2, 0.25) is 0 Å². The van der Waals surface area contributed by atoms with Crippen LogP contribution in [0.5, 0.6) is 11.5 Å². The van der Waals surface area contributed by atoms with Crippen LogP contribution in [0.2, 0.25) is 5.02 Å². The molecular formula is C17H21ClN2O4. The first kappa shape index (κ1) is 18.1. The molecule has 0 spiro atoms. The minimum atomic E-state index is -0.179. The number of nitrogens with zero attached hydrogens (tertiary/aromatic N) is 2. The number of hydrogen-bond donors (Lipinski definition) is 0. The van der Waals surface area contributed by atoms with Gasteiger partial charge in [0, 0.05) is 25.7 Å². The first-order valence-corrected chi connectivity index (χ1v) is 7.96. The molecule has 0 N–H and O–H groups in total. The maximum Gasteiger partial charge on any atom is 0.275 e. The molecule has 130 valence electrons. The van der Waals surface area contributed by atoms with Crippen molar-refractivity contribution in [2.24, 2.45) is 5.92 Å². The zero-order chi connectivity index (χ0) is 17.7. The fourth-order valence-corrected chi connectivity index (χ4v) is 2.41. The van der Waals surface area contributed by atoms with Gasteiger partial charge in [0.05, 0.1) is 12.1 Å². The number of aromatic nitrogens is 1. The molecule has 1 aromatic carbocycles. The summed E-state index contributed by atoms with van der Waals surface area (Å²) in [6.45, 7) is 4.87. The SMILES string of the molecule is COc1ccc(OCc2cc(C(=O)N(C)CC(C)C)no2)c(Cl)c1. The number of amides is 1. The third-order valence-corrected chi connectivity index (χ3v) is 3.57. The number of benzene rings is 1. The average Bonchev–Trinajstić information content (AvgIpc) is 3.01. The van der Waals surface area contributed by atoms with Crippen LogP contribution >= 0.6 is 11.6 Å². The molecule has 2 rings (SSSR count). The average molecular weight is 353 g/mol. The third kappa shape index (κ3) is 4.64. The number of hydrogen-bond acceptors (Lipinski definition) is 5. The van der Waals surface area contributed by atoms with E-state index in [2.05, 4.69) is 5.16 Å². The van der Waals surface area contributed by atoms with Crippen molar-refractivity contribution in [1.82, 2.24) is 10.1 Å². The summed E-state index contributed by atoms with van der Waals surface area (Å²) in [5.74, 6) is 1.79. The Hall–Kier alpha value is -2.21. The van der Waals surface area contributed by atoms with Crippen molar-refractivity contribution < 1.29 is 18.8 Å². The Morgan fingerprint density at radius 1 is 1.38 bits per heavy atom. The van der Waals surface area contributed by atoms with E-state index in [1.807, 2.05) is 13.8 Å². The summed E-state index contributed by atoms with van der Waals surface area (Å²) < 4.78 is 15.8. The molecule has 0 saturated heterocycles. The molecule has 0 unspecified atom stereocenters. The van der Waals surface area contributed by atoms with Crippen LogP contribution in [0.3, 0.4) is 0 Å². The number of carbonyl (C=O) groups excluding carboxylic acids is 1. The second-order valence-corrected chi connectivity index (χ2v) is 6.25. The normalized spacial score (nSPS) is 10.8. The largest absolute Gasteiger partial charge is 0.497 e. The zero-order valence-electron chi connectivity index (χ0n) is 14.2. The van der Waals surface area contributed by atoms with Gasteiger partial charge in [-0.25, -0.2) is 0 Å². The minimum Gasteiger partial charge on any atom is -0.497 e. The van der Waals surface area contributed by atoms with Gasteiger partial charge < -0.3 is 18.9 Å². The summed E-state index contributed by atoms with van der Waals surface area (Å²) in [4.78, 5) is 13.8. The second-order valence-electron chi connectivity index (χ2n) is 5.84. The molecule has 0 aliphatic carbocycles. The second kappa shape index (κ2) is 8.06. The highest BCUT2D eigenvalue weighted by molar-refractivity contribution is 6.32. The van der Waals surface area contributed by atoms with Gasteiger partial charge in [-0.1, -0.05) is 30.6 Å². The maximum atomic E-state index is 12.2. The van der Waals surface area contributed by atoms with Crippen LogP contribution in [0.4, 0.5) is 0 Å². The van der Waals surface area contributed by atoms with E-state index < -0.39 is 0 Å². The van der Waals surface area contributed by atoms with Crippen LogP contribution in [0.15, 0.2) is 28.8 Å². The summed E-state index contributed by atoms with van der Waals surface area (Å²) >= 11 is 6.11. The topological polar surface area (TPSA) is 64.8 Å². The van der Waals surface area contributed by atoms with Crippen molar-refractivity contribution in [3.05, 3.63) is 40.7 Å². The lowest BCUT2D eigenvalue weighted by molar-refractivity contribution is 0.0768. The molecule has 1 heterocycles. The Balaban J connectivity index is 1.98. The predicted octanol–water partition coefficient (Wildman–Crippen LogP) is 3.64. The van der Waals surface area contributed by atoms with Crippen LogP contribution in [0.25, 0.3) is 0 Å². The van der Waals surface area contributed by atoms with Gasteiger partial charge in [-0.3, -0.25) is 4.79 Å². The summed E-state index contributed by atoms with van der Waals surface area (Å²) in [5.41, 5.74) is 0.262. The molecule has 1 aromatic heterocycles. The molecule has 7 heteroatoms. The molecule has 0 fully saturated rings. The number of methoxy groups -OCH3 is 1. The van der Waals surface area contributed by atoms with Crippen LogP contribution < -0.4 is 9.47 Å². The van der Waals surface area contributed by atoms with Gasteiger partial charge in [0.15, 0.2) is 11.5 Å². The van der Waals surface area contributed by atoms with Crippen LogP contribution in [0, 0.1) is 5.92 Å². The van der Waals surface area contributed by atoms with Crippen molar-refractivity contribution in [1.29, 1.82) is 0 Å². The first-order valence-electron chi connectivity index (χ1n) is 7.58. The summed E-state index contributed by atoms with van der Waals surface area (Å²) in [6.07, 6.45) is 0. The van der Waals surface area contributed by atoms with E-state index in [0.29, 0.717) is 34.7 Å². The highest BCUT2D eigenvalue weighted by Crippen LogP contribution is 2.29. The lowest BCUT2D eigenvalue weighted by Gasteiger charge is -2.17. The van der Waals surface area contributed by atoms with Crippen molar-refractivity contribution in [3.8, 4) is 11.5 Å². The van der Waals surface area contributed by atoms with Crippen molar-refractivity contribution >= 4 is 17.5 Å². The van der Waals surface area contributed by atoms with Crippen molar-refractivity contribution in [2.75, 3.05) is 20.7 Å². The molecule has 2 aromatic rings. The highest BCUT2D eigenvalue weighted by Gasteiger charge is 2.18. The molecule has 6 nitrogen and oxygen atoms in total. The first-order chi connectivity index (χ1) is 11.4. The van der Waals surface area contributed by atoms with Crippen LogP contribution in [-0.4, -0.2) is 36.7 Å². The summed E-state index contributed by atoms with van der Waals surface area (Å²) in [5, 5.41) is 4.24. The van der Waals surface area contributed by atoms with E-state index in [1.165, 1.54) is 0 Å². The Morgan fingerprint density at radius 2 is 2.12 bits per heavy atom. The van der Waals surface area contributed by atoms with E-state index in [4.69, 9.17) is 25.6 Å². The Labute approximate surface area is 146 Å². The Morgan fingerprint density at radius 3 is 2.75 bits per heavy atom. The van der Waals surface area contributed by atoms with Gasteiger partial charge in [-0.2, -0.15) is 0 Å². The quantitative estimate of drug-likeness (QED) is 0.761. The molecule has 1 amide bonds. The molecule has 0 bridgehead atoms. The molecule has 24 heavy (non-hydrogen) atoms. The number of ether oxygens (including phenoxy) is 2. The molecular weight excluding hydrogens is 332 g/mol. The van der Waals surface area contributed by atoms with Gasteiger partial charge in [-0.05, 0) is 18.1 Å². The lowest BCUT2D eigenvalue weighted by atomic mass is 10.2. The molecule has 0 aliphatic rings. The van der Waals surface area contributed by atoms with Crippen molar-refractivity contribution in [3.63, 3.8) is 0 Å². The molecule has 0 atom stereocenters. The van der Waals surface area contributed by atoms with Crippen LogP contribution in [0.1, 0.15) is 30.1 Å². The van der Waals surface area contributed by atoms with Crippen LogP contribution in [-0.2, 0) is 6.61 Å². The van der Waals surface area contributed by atoms with Crippen molar-refractivity contribution in [2.45, 2.75) is 20.5 Å². The van der Waals surface area contributed by atoms with E-state index in [-0.39, 0.29) is 18.2 Å². The number of rotatable bonds is 7. The number of carbonyl (C=O) groups is 1. The number of halogens is 1. The lowest BCUT2D eigenvalue weighted by Crippen LogP contribution is -2.30. The standard InChI is InChI=1S/C17H21ClN2O4/c1-11(2)9-20(3)17(21)15-8-13(24-19-15)10-23-16-6-5-12(22-4)7-14(16)18/h5-8,11H,9-10H2,1-4H3. The summed E-state index contributed by atoms with van der Waals surface area (Å²) in [7, 11) is 3.31. The minimum absolute atomic E-state index is 0.125. The van der Waals surface area contributed by atoms with E-state index >= 15 is 0 Å². The highest BCUT2D eigenvalue weighted by atomic mass is 35.5. The third-order valence-electron chi connectivity index (χ3n) is 3.27. The molecule has 0 radical (unpaired) electrons. The Bertz CT molecular complexity index is 700. The molecule has 0 aliphatic heterocycles. The zero-order valence-corrected chi connectivity index (χ0v) is 15.0. The maximum absolute atomic E-state index is 12.2. The predicted molar refractivity (Wildman–Crippen MR) is 90.6 cm³/mol. The fourth-order valence-electron chi connectivity index (χ4n) is 2.18. The van der Waals surface area contributed by atoms with E-state index in [9.17, 15) is 4.79 Å². The fraction of sp³-hybridized carbons (Fsp3) is 0.412. The van der Waals surface area contributed by atoms with E-state index in [1.54, 1.807) is 43.3 Å². The van der Waals surface area contributed by atoms with Gasteiger partial charge in [0.25, 0.3) is 5.91 Å². The van der Waals surface area contributed by atoms with Gasteiger partial charge in [-0.15, -0.1) is 0 Å². The monoisotopic (exact) mass is 352 g/mol. The van der Waals surface area contributed by atoms with Gasteiger partial charge in [0.1, 0.15) is 18.1 Å². The van der Waals surface area contributed by atoms with E-state index in [0.717, 1.165) is 0 Å².